The van der Waals surface area contributed by atoms with Crippen molar-refractivity contribution in [2.45, 2.75) is 57.8 Å². The fourth-order valence-electron chi connectivity index (χ4n) is 1.46. The lowest BCUT2D eigenvalue weighted by Gasteiger charge is -2.43. The van der Waals surface area contributed by atoms with Gasteiger partial charge in [0.2, 0.25) is 0 Å². The first-order valence-electron chi connectivity index (χ1n) is 5.54. The summed E-state index contributed by atoms with van der Waals surface area (Å²) in [5, 5.41) is 8.97. The number of rotatable bonds is 3. The van der Waals surface area contributed by atoms with Gasteiger partial charge < -0.3 is 9.53 Å². The third-order valence-corrected chi connectivity index (χ3v) is 8.25. The highest BCUT2D eigenvalue weighted by Gasteiger charge is 2.43. The summed E-state index contributed by atoms with van der Waals surface area (Å²) in [6.45, 7) is 11.0. The molecule has 0 heterocycles. The number of hydrogen-bond acceptors (Lipinski definition) is 2. The van der Waals surface area contributed by atoms with E-state index in [2.05, 4.69) is 33.9 Å². The van der Waals surface area contributed by atoms with Crippen molar-refractivity contribution in [3.63, 3.8) is 0 Å². The maximum atomic E-state index is 10.6. The third kappa shape index (κ3) is 2.81. The number of hydrogen-bond donors (Lipinski definition) is 1. The van der Waals surface area contributed by atoms with Crippen molar-refractivity contribution in [1.29, 1.82) is 0 Å². The molecular formula is C11H22O3Si. The first-order valence-corrected chi connectivity index (χ1v) is 8.45. The van der Waals surface area contributed by atoms with Gasteiger partial charge in [-0.15, -0.1) is 0 Å². The molecule has 0 aromatic heterocycles. The minimum absolute atomic E-state index is 0.167. The van der Waals surface area contributed by atoms with E-state index in [1.54, 1.807) is 0 Å². The highest BCUT2D eigenvalue weighted by molar-refractivity contribution is 6.74. The van der Waals surface area contributed by atoms with Gasteiger partial charge in [-0.25, -0.2) is 0 Å². The molecular weight excluding hydrogens is 208 g/mol. The SMILES string of the molecule is CC(C)(C)[Si](C)(C)O[C@H]1C[C@H](C(=O)O)C1. The molecule has 1 aliphatic rings. The van der Waals surface area contributed by atoms with Crippen LogP contribution in [-0.4, -0.2) is 25.5 Å². The Morgan fingerprint density at radius 1 is 1.33 bits per heavy atom. The normalized spacial score (nSPS) is 27.3. The van der Waals surface area contributed by atoms with Crippen LogP contribution in [0.5, 0.6) is 0 Å². The van der Waals surface area contributed by atoms with Crippen LogP contribution in [0.1, 0.15) is 33.6 Å². The van der Waals surface area contributed by atoms with Crippen LogP contribution in [0.4, 0.5) is 0 Å². The minimum Gasteiger partial charge on any atom is -0.481 e. The smallest absolute Gasteiger partial charge is 0.306 e. The van der Waals surface area contributed by atoms with Crippen LogP contribution in [0, 0.1) is 5.92 Å². The summed E-state index contributed by atoms with van der Waals surface area (Å²) in [7, 11) is -1.70. The lowest BCUT2D eigenvalue weighted by molar-refractivity contribution is -0.148. The molecule has 3 nitrogen and oxygen atoms in total. The number of aliphatic carboxylic acids is 1. The summed E-state index contributed by atoms with van der Waals surface area (Å²) in [5.74, 6) is -0.843. The molecule has 15 heavy (non-hydrogen) atoms. The average Bonchev–Trinajstić information content (AvgIpc) is 1.92. The van der Waals surface area contributed by atoms with Crippen LogP contribution in [0.3, 0.4) is 0 Å². The maximum Gasteiger partial charge on any atom is 0.306 e. The van der Waals surface area contributed by atoms with Crippen LogP contribution in [0.15, 0.2) is 0 Å². The van der Waals surface area contributed by atoms with E-state index in [0.717, 1.165) is 0 Å². The lowest BCUT2D eigenvalue weighted by Crippen LogP contribution is -2.48. The largest absolute Gasteiger partial charge is 0.481 e. The molecule has 1 aliphatic carbocycles. The van der Waals surface area contributed by atoms with Crippen molar-refractivity contribution in [1.82, 2.24) is 0 Å². The van der Waals surface area contributed by atoms with Gasteiger partial charge in [0, 0.05) is 6.10 Å². The van der Waals surface area contributed by atoms with Crippen LogP contribution in [-0.2, 0) is 9.22 Å². The van der Waals surface area contributed by atoms with E-state index in [1.165, 1.54) is 0 Å². The molecule has 0 atom stereocenters. The number of carbonyl (C=O) groups is 1. The molecule has 0 amide bonds. The van der Waals surface area contributed by atoms with Crippen molar-refractivity contribution in [3.05, 3.63) is 0 Å². The topological polar surface area (TPSA) is 46.5 Å². The van der Waals surface area contributed by atoms with E-state index in [-0.39, 0.29) is 17.1 Å². The van der Waals surface area contributed by atoms with E-state index >= 15 is 0 Å². The van der Waals surface area contributed by atoms with E-state index in [9.17, 15) is 4.79 Å². The van der Waals surface area contributed by atoms with Gasteiger partial charge >= 0.3 is 5.97 Å². The molecule has 4 heteroatoms. The zero-order valence-electron chi connectivity index (χ0n) is 10.3. The highest BCUT2D eigenvalue weighted by Crippen LogP contribution is 2.41. The van der Waals surface area contributed by atoms with Crippen LogP contribution < -0.4 is 0 Å². The fourth-order valence-corrected chi connectivity index (χ4v) is 2.84. The minimum atomic E-state index is -1.70. The third-order valence-electron chi connectivity index (χ3n) is 3.71. The van der Waals surface area contributed by atoms with E-state index in [0.29, 0.717) is 12.8 Å². The van der Waals surface area contributed by atoms with Gasteiger partial charge in [-0.2, -0.15) is 0 Å². The second-order valence-electron chi connectivity index (χ2n) is 6.01. The molecule has 1 N–H and O–H groups in total. The molecule has 1 saturated carbocycles. The van der Waals surface area contributed by atoms with Gasteiger partial charge in [0.1, 0.15) is 0 Å². The summed E-state index contributed by atoms with van der Waals surface area (Å²) in [5.41, 5.74) is 0. The Hall–Kier alpha value is -0.353. The predicted octanol–water partition coefficient (Wildman–Crippen LogP) is 2.87. The number of carboxylic acid groups (broad SMARTS) is 1. The summed E-state index contributed by atoms with van der Waals surface area (Å²) in [6, 6.07) is 0. The summed E-state index contributed by atoms with van der Waals surface area (Å²) in [4.78, 5) is 10.6. The van der Waals surface area contributed by atoms with Crippen molar-refractivity contribution < 1.29 is 14.3 Å². The van der Waals surface area contributed by atoms with Gasteiger partial charge in [-0.05, 0) is 31.0 Å². The lowest BCUT2D eigenvalue weighted by atomic mass is 9.83. The van der Waals surface area contributed by atoms with Gasteiger partial charge in [0.25, 0.3) is 0 Å². The Labute approximate surface area is 93.0 Å². The maximum absolute atomic E-state index is 10.6. The molecule has 0 aliphatic heterocycles. The first-order chi connectivity index (χ1) is 6.63. The monoisotopic (exact) mass is 230 g/mol. The van der Waals surface area contributed by atoms with Crippen molar-refractivity contribution in [2.75, 3.05) is 0 Å². The molecule has 0 spiro atoms. The molecule has 0 radical (unpaired) electrons. The molecule has 0 bridgehead atoms. The van der Waals surface area contributed by atoms with E-state index in [1.807, 2.05) is 0 Å². The Morgan fingerprint density at radius 3 is 2.13 bits per heavy atom. The van der Waals surface area contributed by atoms with Gasteiger partial charge in [-0.1, -0.05) is 20.8 Å². The van der Waals surface area contributed by atoms with Gasteiger partial charge in [-0.3, -0.25) is 4.79 Å². The molecule has 0 unspecified atom stereocenters. The van der Waals surface area contributed by atoms with Gasteiger partial charge in [0.15, 0.2) is 8.32 Å². The molecule has 88 valence electrons. The summed E-state index contributed by atoms with van der Waals surface area (Å²) >= 11 is 0. The predicted molar refractivity (Wildman–Crippen MR) is 62.4 cm³/mol. The Kier molecular flexibility index (Phi) is 3.31. The average molecular weight is 230 g/mol. The number of carboxylic acids is 1. The van der Waals surface area contributed by atoms with Crippen molar-refractivity contribution in [2.24, 2.45) is 5.92 Å². The quantitative estimate of drug-likeness (QED) is 0.758. The fraction of sp³-hybridized carbons (Fsp3) is 0.909. The molecule has 0 aromatic rings. The van der Waals surface area contributed by atoms with Crippen LogP contribution in [0.25, 0.3) is 0 Å². The highest BCUT2D eigenvalue weighted by atomic mass is 28.4. The van der Waals surface area contributed by atoms with Crippen LogP contribution in [0.2, 0.25) is 18.1 Å². The second kappa shape index (κ2) is 3.90. The van der Waals surface area contributed by atoms with Crippen molar-refractivity contribution >= 4 is 14.3 Å². The molecule has 1 fully saturated rings. The standard InChI is InChI=1S/C11H22O3Si/c1-11(2,3)15(4,5)14-9-6-8(7-9)10(12)13/h8-9H,6-7H2,1-5H3,(H,12,13)/t8-,9-. The Morgan fingerprint density at radius 2 is 1.80 bits per heavy atom. The van der Waals surface area contributed by atoms with E-state index in [4.69, 9.17) is 9.53 Å². The van der Waals surface area contributed by atoms with Crippen LogP contribution >= 0.6 is 0 Å². The second-order valence-corrected chi connectivity index (χ2v) is 10.8. The zero-order chi connectivity index (χ0) is 11.9. The Balaban J connectivity index is 2.42. The summed E-state index contributed by atoms with van der Waals surface area (Å²) in [6.07, 6.45) is 1.58. The van der Waals surface area contributed by atoms with E-state index < -0.39 is 14.3 Å². The molecule has 0 aromatic carbocycles. The zero-order valence-corrected chi connectivity index (χ0v) is 11.3. The molecule has 1 rings (SSSR count). The Bertz CT molecular complexity index is 249. The van der Waals surface area contributed by atoms with Crippen molar-refractivity contribution in [3.8, 4) is 0 Å². The molecule has 0 saturated heterocycles. The van der Waals surface area contributed by atoms with Gasteiger partial charge in [0.05, 0.1) is 5.92 Å². The summed E-state index contributed by atoms with van der Waals surface area (Å²) < 4.78 is 6.09. The first kappa shape index (κ1) is 12.7.